The minimum atomic E-state index is 0.00626. The molecule has 0 spiro atoms. The second-order valence-electron chi connectivity index (χ2n) is 6.98. The maximum absolute atomic E-state index is 12.2. The average Bonchev–Trinajstić information content (AvgIpc) is 2.98. The molecule has 2 heterocycles. The van der Waals surface area contributed by atoms with E-state index in [0.717, 1.165) is 25.2 Å². The van der Waals surface area contributed by atoms with Gasteiger partial charge in [-0.2, -0.15) is 0 Å². The topological polar surface area (TPSA) is 67.3 Å². The molecule has 1 aromatic heterocycles. The molecule has 1 aliphatic rings. The number of carbonyl (C=O) groups excluding carboxylic acids is 1. The van der Waals surface area contributed by atoms with Crippen molar-refractivity contribution in [1.82, 2.24) is 20.2 Å². The third kappa shape index (κ3) is 6.80. The van der Waals surface area contributed by atoms with Crippen LogP contribution in [-0.2, 0) is 4.79 Å². The molecule has 1 saturated heterocycles. The number of aromatic nitrogens is 2. The van der Waals surface area contributed by atoms with Crippen molar-refractivity contribution in [2.45, 2.75) is 37.6 Å². The predicted molar refractivity (Wildman–Crippen MR) is 112 cm³/mol. The molecule has 0 radical (unpaired) electrons. The van der Waals surface area contributed by atoms with Gasteiger partial charge in [-0.05, 0) is 45.0 Å². The lowest BCUT2D eigenvalue weighted by Gasteiger charge is -2.19. The summed E-state index contributed by atoms with van der Waals surface area (Å²) in [6.07, 6.45) is 8.38. The Morgan fingerprint density at radius 3 is 2.57 bits per heavy atom. The largest absolute Gasteiger partial charge is 0.437 e. The van der Waals surface area contributed by atoms with E-state index in [9.17, 15) is 4.79 Å². The molecule has 1 amide bonds. The Kier molecular flexibility index (Phi) is 8.11. The molecular weight excluding hydrogens is 372 g/mol. The van der Waals surface area contributed by atoms with E-state index in [2.05, 4.69) is 20.2 Å². The van der Waals surface area contributed by atoms with Crippen molar-refractivity contribution in [3.8, 4) is 11.6 Å². The fraction of sp³-hybridized carbons (Fsp3) is 0.476. The zero-order valence-corrected chi connectivity index (χ0v) is 17.2. The van der Waals surface area contributed by atoms with E-state index in [1.165, 1.54) is 37.4 Å². The summed E-state index contributed by atoms with van der Waals surface area (Å²) in [6, 6.07) is 7.76. The van der Waals surface area contributed by atoms with Gasteiger partial charge in [-0.1, -0.05) is 42.3 Å². The van der Waals surface area contributed by atoms with Gasteiger partial charge in [-0.15, -0.1) is 0 Å². The molecule has 1 fully saturated rings. The Morgan fingerprint density at radius 1 is 1.11 bits per heavy atom. The lowest BCUT2D eigenvalue weighted by molar-refractivity contribution is -0.118. The van der Waals surface area contributed by atoms with E-state index in [0.29, 0.717) is 29.0 Å². The molecule has 0 saturated carbocycles. The number of nitrogens with one attached hydrogen (secondary N) is 1. The Labute approximate surface area is 171 Å². The number of hydrogen-bond acceptors (Lipinski definition) is 6. The molecule has 6 nitrogen and oxygen atoms in total. The van der Waals surface area contributed by atoms with E-state index < -0.39 is 0 Å². The second-order valence-corrected chi connectivity index (χ2v) is 7.94. The lowest BCUT2D eigenvalue weighted by Crippen LogP contribution is -2.36. The Hall–Kier alpha value is -2.12. The molecule has 150 valence electrons. The monoisotopic (exact) mass is 400 g/mol. The van der Waals surface area contributed by atoms with Crippen LogP contribution in [-0.4, -0.2) is 52.7 Å². The van der Waals surface area contributed by atoms with Crippen LogP contribution in [0.2, 0.25) is 0 Å². The number of likely N-dealkylation sites (tertiary alicyclic amines) is 1. The Bertz CT molecular complexity index is 746. The van der Waals surface area contributed by atoms with Crippen LogP contribution in [0.5, 0.6) is 11.6 Å². The summed E-state index contributed by atoms with van der Waals surface area (Å²) in [5, 5.41) is 3.62. The zero-order chi connectivity index (χ0) is 19.6. The summed E-state index contributed by atoms with van der Waals surface area (Å²) in [6.45, 7) is 5.92. The summed E-state index contributed by atoms with van der Waals surface area (Å²) in [4.78, 5) is 23.2. The van der Waals surface area contributed by atoms with E-state index in [1.54, 1.807) is 12.4 Å². The van der Waals surface area contributed by atoms with Crippen LogP contribution in [0.15, 0.2) is 41.7 Å². The first-order valence-corrected chi connectivity index (χ1v) is 10.9. The molecule has 0 atom stereocenters. The number of carbonyl (C=O) groups is 1. The van der Waals surface area contributed by atoms with Crippen LogP contribution >= 0.6 is 11.8 Å². The van der Waals surface area contributed by atoms with Crippen molar-refractivity contribution >= 4 is 17.7 Å². The Balaban J connectivity index is 1.44. The average molecular weight is 401 g/mol. The number of thioether (sulfide) groups is 1. The molecule has 0 aliphatic carbocycles. The van der Waals surface area contributed by atoms with Crippen molar-refractivity contribution in [1.29, 1.82) is 0 Å². The SMILES string of the molecule is Cc1ccc(Oc2nccnc2SCC(=O)NCCN2CCCCCC2)cc1. The lowest BCUT2D eigenvalue weighted by atomic mass is 10.2. The highest BCUT2D eigenvalue weighted by Crippen LogP contribution is 2.28. The maximum atomic E-state index is 12.2. The van der Waals surface area contributed by atoms with Gasteiger partial charge in [0.15, 0.2) is 5.03 Å². The van der Waals surface area contributed by atoms with Crippen LogP contribution in [0.1, 0.15) is 31.2 Å². The third-order valence-corrected chi connectivity index (χ3v) is 5.62. The van der Waals surface area contributed by atoms with Gasteiger partial charge in [0.1, 0.15) is 5.75 Å². The highest BCUT2D eigenvalue weighted by molar-refractivity contribution is 8.00. The number of hydrogen-bond donors (Lipinski definition) is 1. The minimum Gasteiger partial charge on any atom is -0.437 e. The minimum absolute atomic E-state index is 0.00626. The van der Waals surface area contributed by atoms with Gasteiger partial charge in [-0.3, -0.25) is 4.79 Å². The first kappa shape index (κ1) is 20.6. The summed E-state index contributed by atoms with van der Waals surface area (Å²) < 4.78 is 5.84. The predicted octanol–water partition coefficient (Wildman–Crippen LogP) is 3.66. The maximum Gasteiger partial charge on any atom is 0.252 e. The first-order chi connectivity index (χ1) is 13.7. The van der Waals surface area contributed by atoms with Crippen molar-refractivity contribution in [2.75, 3.05) is 31.9 Å². The third-order valence-electron chi connectivity index (χ3n) is 4.66. The molecule has 3 rings (SSSR count). The van der Waals surface area contributed by atoms with Crippen molar-refractivity contribution in [3.63, 3.8) is 0 Å². The Morgan fingerprint density at radius 2 is 1.82 bits per heavy atom. The van der Waals surface area contributed by atoms with Crippen LogP contribution in [0.3, 0.4) is 0 Å². The summed E-state index contributed by atoms with van der Waals surface area (Å²) >= 11 is 1.34. The first-order valence-electron chi connectivity index (χ1n) is 9.88. The second kappa shape index (κ2) is 11.0. The van der Waals surface area contributed by atoms with Gasteiger partial charge in [0.05, 0.1) is 5.75 Å². The molecule has 0 unspecified atom stereocenters. The summed E-state index contributed by atoms with van der Waals surface area (Å²) in [5.41, 5.74) is 1.16. The number of amides is 1. The van der Waals surface area contributed by atoms with Crippen molar-refractivity contribution < 1.29 is 9.53 Å². The van der Waals surface area contributed by atoms with Crippen molar-refractivity contribution in [3.05, 3.63) is 42.2 Å². The van der Waals surface area contributed by atoms with Crippen LogP contribution < -0.4 is 10.1 Å². The molecule has 2 aromatic rings. The quantitative estimate of drug-likeness (QED) is 0.682. The fourth-order valence-corrected chi connectivity index (χ4v) is 3.82. The fourth-order valence-electron chi connectivity index (χ4n) is 3.10. The number of aryl methyl sites for hydroxylation is 1. The van der Waals surface area contributed by atoms with Gasteiger partial charge in [0, 0.05) is 25.5 Å². The van der Waals surface area contributed by atoms with Crippen molar-refractivity contribution in [2.24, 2.45) is 0 Å². The van der Waals surface area contributed by atoms with Crippen LogP contribution in [0, 0.1) is 6.92 Å². The van der Waals surface area contributed by atoms with Gasteiger partial charge < -0.3 is 15.0 Å². The van der Waals surface area contributed by atoms with E-state index in [1.807, 2.05) is 31.2 Å². The molecule has 7 heteroatoms. The van der Waals surface area contributed by atoms with E-state index in [4.69, 9.17) is 4.74 Å². The zero-order valence-electron chi connectivity index (χ0n) is 16.4. The van der Waals surface area contributed by atoms with E-state index >= 15 is 0 Å². The van der Waals surface area contributed by atoms with E-state index in [-0.39, 0.29) is 5.91 Å². The standard InChI is InChI=1S/C21H28N4O2S/c1-17-6-8-18(9-7-17)27-20-21(24-11-10-23-20)28-16-19(26)22-12-15-25-13-4-2-3-5-14-25/h6-11H,2-5,12-16H2,1H3,(H,22,26). The number of benzene rings is 1. The molecule has 1 aromatic carbocycles. The number of nitrogens with zero attached hydrogens (tertiary/aromatic N) is 3. The number of rotatable bonds is 8. The van der Waals surface area contributed by atoms with Gasteiger partial charge >= 0.3 is 0 Å². The highest BCUT2D eigenvalue weighted by Gasteiger charge is 2.12. The normalized spacial score (nSPS) is 15.0. The molecule has 0 bridgehead atoms. The summed E-state index contributed by atoms with van der Waals surface area (Å²) in [5.74, 6) is 1.43. The molecule has 1 N–H and O–H groups in total. The van der Waals surface area contributed by atoms with Gasteiger partial charge in [0.25, 0.3) is 5.88 Å². The number of ether oxygens (including phenoxy) is 1. The molecular formula is C21H28N4O2S. The summed E-state index contributed by atoms with van der Waals surface area (Å²) in [7, 11) is 0. The highest BCUT2D eigenvalue weighted by atomic mass is 32.2. The van der Waals surface area contributed by atoms with Crippen LogP contribution in [0.4, 0.5) is 0 Å². The van der Waals surface area contributed by atoms with Crippen LogP contribution in [0.25, 0.3) is 0 Å². The smallest absolute Gasteiger partial charge is 0.252 e. The molecule has 28 heavy (non-hydrogen) atoms. The molecule has 1 aliphatic heterocycles. The van der Waals surface area contributed by atoms with Gasteiger partial charge in [-0.25, -0.2) is 9.97 Å². The van der Waals surface area contributed by atoms with Gasteiger partial charge in [0.2, 0.25) is 5.91 Å².